The van der Waals surface area contributed by atoms with E-state index < -0.39 is 0 Å². The number of likely N-dealkylation sites (tertiary alicyclic amines) is 1. The summed E-state index contributed by atoms with van der Waals surface area (Å²) in [6.07, 6.45) is 4.16. The quantitative estimate of drug-likeness (QED) is 0.808. The van der Waals surface area contributed by atoms with Crippen molar-refractivity contribution >= 4 is 17.2 Å². The molecular weight excluding hydrogens is 400 g/mol. The number of fused-ring (bicyclic) bond motifs is 1. The lowest BCUT2D eigenvalue weighted by Crippen LogP contribution is -2.45. The number of hydrogen-bond donors (Lipinski definition) is 1. The maximum absolute atomic E-state index is 12.9. The number of thiophene rings is 1. The second-order valence-electron chi connectivity index (χ2n) is 8.54. The van der Waals surface area contributed by atoms with Crippen LogP contribution in [0.5, 0.6) is 0 Å². The number of aromatic nitrogens is 2. The number of piperidine rings is 1. The zero-order valence-corrected chi connectivity index (χ0v) is 18.0. The number of hydrogen-bond acceptors (Lipinski definition) is 6. The summed E-state index contributed by atoms with van der Waals surface area (Å²) in [6, 6.07) is 4.20. The van der Waals surface area contributed by atoms with Crippen LogP contribution in [0.4, 0.5) is 0 Å². The second-order valence-corrected chi connectivity index (χ2v) is 9.57. The molecule has 160 valence electrons. The van der Waals surface area contributed by atoms with Gasteiger partial charge in [-0.3, -0.25) is 14.5 Å². The first-order valence-electron chi connectivity index (χ1n) is 10.9. The van der Waals surface area contributed by atoms with Gasteiger partial charge in [0.2, 0.25) is 0 Å². The van der Waals surface area contributed by atoms with E-state index in [4.69, 9.17) is 9.72 Å². The molecule has 0 aliphatic carbocycles. The summed E-state index contributed by atoms with van der Waals surface area (Å²) < 4.78 is 5.58. The average Bonchev–Trinajstić information content (AvgIpc) is 3.48. The smallest absolute Gasteiger partial charge is 0.255 e. The van der Waals surface area contributed by atoms with Gasteiger partial charge in [-0.25, -0.2) is 4.98 Å². The lowest BCUT2D eigenvalue weighted by Gasteiger charge is -2.34. The third kappa shape index (κ3) is 4.08. The van der Waals surface area contributed by atoms with Gasteiger partial charge >= 0.3 is 0 Å². The second kappa shape index (κ2) is 8.61. The van der Waals surface area contributed by atoms with Crippen molar-refractivity contribution in [2.75, 3.05) is 26.2 Å². The number of nitrogens with zero attached hydrogens (tertiary/aromatic N) is 3. The molecule has 2 aromatic rings. The van der Waals surface area contributed by atoms with E-state index in [0.29, 0.717) is 19.7 Å². The minimum Gasteiger partial charge on any atom is -0.368 e. The standard InChI is InChI=1S/C22H28N4O3S/c27-21-17-14-25(13-16-5-3-11-30-16)9-7-18(17)23-20(24-21)15-4-1-8-26(12-15)22(28)19-6-2-10-29-19/h3,5,11,15,19H,1-2,4,6-10,12-14H2,(H,23,24,27)/t15-,19-/m1/s1. The summed E-state index contributed by atoms with van der Waals surface area (Å²) in [5.74, 6) is 0.934. The van der Waals surface area contributed by atoms with E-state index in [9.17, 15) is 9.59 Å². The molecule has 1 N–H and O–H groups in total. The molecule has 0 unspecified atom stereocenters. The number of H-pyrrole nitrogens is 1. The fourth-order valence-electron chi connectivity index (χ4n) is 4.83. The first kappa shape index (κ1) is 19.9. The molecule has 5 heterocycles. The topological polar surface area (TPSA) is 78.5 Å². The summed E-state index contributed by atoms with van der Waals surface area (Å²) in [5.41, 5.74) is 1.71. The Bertz CT molecular complexity index is 952. The van der Waals surface area contributed by atoms with Gasteiger partial charge in [-0.15, -0.1) is 11.3 Å². The Morgan fingerprint density at radius 3 is 3.03 bits per heavy atom. The summed E-state index contributed by atoms with van der Waals surface area (Å²) in [5, 5.41) is 2.09. The van der Waals surface area contributed by atoms with Crippen molar-refractivity contribution in [2.45, 2.75) is 57.2 Å². The van der Waals surface area contributed by atoms with Crippen LogP contribution in [0.1, 0.15) is 53.6 Å². The molecule has 2 aromatic heterocycles. The molecule has 30 heavy (non-hydrogen) atoms. The summed E-state index contributed by atoms with van der Waals surface area (Å²) in [4.78, 5) is 39.1. The summed E-state index contributed by atoms with van der Waals surface area (Å²) in [6.45, 7) is 4.49. The van der Waals surface area contributed by atoms with E-state index in [1.807, 2.05) is 4.90 Å². The van der Waals surface area contributed by atoms with Crippen LogP contribution in [0.3, 0.4) is 0 Å². The number of nitrogens with one attached hydrogen (secondary N) is 1. The molecule has 8 heteroatoms. The van der Waals surface area contributed by atoms with Gasteiger partial charge in [-0.1, -0.05) is 6.07 Å². The maximum Gasteiger partial charge on any atom is 0.255 e. The fourth-order valence-corrected chi connectivity index (χ4v) is 5.57. The van der Waals surface area contributed by atoms with Gasteiger partial charge in [0.1, 0.15) is 11.9 Å². The Morgan fingerprint density at radius 2 is 2.23 bits per heavy atom. The molecule has 3 aliphatic rings. The van der Waals surface area contributed by atoms with Crippen LogP contribution in [0.15, 0.2) is 22.3 Å². The number of carbonyl (C=O) groups is 1. The van der Waals surface area contributed by atoms with Crippen LogP contribution in [-0.4, -0.2) is 58.0 Å². The fraction of sp³-hybridized carbons (Fsp3) is 0.591. The highest BCUT2D eigenvalue weighted by atomic mass is 32.1. The normalized spacial score (nSPS) is 24.7. The molecule has 7 nitrogen and oxygen atoms in total. The van der Waals surface area contributed by atoms with E-state index in [1.54, 1.807) is 11.3 Å². The van der Waals surface area contributed by atoms with Gasteiger partial charge in [0.15, 0.2) is 0 Å². The van der Waals surface area contributed by atoms with Gasteiger partial charge in [-0.05, 0) is 37.1 Å². The Kier molecular flexibility index (Phi) is 5.71. The monoisotopic (exact) mass is 428 g/mol. The number of ether oxygens (including phenoxy) is 1. The third-order valence-corrected chi connectivity index (χ3v) is 7.31. The maximum atomic E-state index is 12.9. The van der Waals surface area contributed by atoms with Gasteiger partial charge in [0, 0.05) is 56.5 Å². The average molecular weight is 429 g/mol. The Hall–Kier alpha value is -2.03. The number of carbonyl (C=O) groups excluding carboxylic acids is 1. The van der Waals surface area contributed by atoms with Crippen molar-refractivity contribution in [1.82, 2.24) is 19.8 Å². The zero-order valence-electron chi connectivity index (χ0n) is 17.1. The van der Waals surface area contributed by atoms with Crippen LogP contribution in [0.2, 0.25) is 0 Å². The first-order chi connectivity index (χ1) is 14.7. The molecule has 5 rings (SSSR count). The molecule has 2 atom stereocenters. The number of aromatic amines is 1. The third-order valence-electron chi connectivity index (χ3n) is 6.45. The van der Waals surface area contributed by atoms with Crippen molar-refractivity contribution < 1.29 is 9.53 Å². The molecule has 3 aliphatic heterocycles. The minimum absolute atomic E-state index is 0.0199. The predicted octanol–water partition coefficient (Wildman–Crippen LogP) is 2.27. The largest absolute Gasteiger partial charge is 0.368 e. The van der Waals surface area contributed by atoms with Crippen LogP contribution >= 0.6 is 11.3 Å². The highest BCUT2D eigenvalue weighted by Gasteiger charge is 2.33. The molecule has 0 radical (unpaired) electrons. The summed E-state index contributed by atoms with van der Waals surface area (Å²) in [7, 11) is 0. The van der Waals surface area contributed by atoms with Crippen molar-refractivity contribution in [3.05, 3.63) is 49.8 Å². The van der Waals surface area contributed by atoms with E-state index in [-0.39, 0.29) is 23.5 Å². The van der Waals surface area contributed by atoms with Gasteiger partial charge in [0.05, 0.1) is 11.3 Å². The van der Waals surface area contributed by atoms with Crippen LogP contribution in [0.25, 0.3) is 0 Å². The number of rotatable bonds is 4. The molecule has 0 saturated carbocycles. The van der Waals surface area contributed by atoms with Crippen molar-refractivity contribution in [1.29, 1.82) is 0 Å². The molecule has 0 spiro atoms. The first-order valence-corrected chi connectivity index (χ1v) is 11.8. The van der Waals surface area contributed by atoms with Gasteiger partial charge in [0.25, 0.3) is 11.5 Å². The van der Waals surface area contributed by atoms with Crippen LogP contribution < -0.4 is 5.56 Å². The molecule has 0 aromatic carbocycles. The Morgan fingerprint density at radius 1 is 1.30 bits per heavy atom. The van der Waals surface area contributed by atoms with E-state index in [1.165, 1.54) is 4.88 Å². The predicted molar refractivity (Wildman–Crippen MR) is 115 cm³/mol. The van der Waals surface area contributed by atoms with Crippen molar-refractivity contribution in [2.24, 2.45) is 0 Å². The van der Waals surface area contributed by atoms with E-state index >= 15 is 0 Å². The highest BCUT2D eigenvalue weighted by Crippen LogP contribution is 2.27. The molecule has 1 amide bonds. The van der Waals surface area contributed by atoms with Crippen LogP contribution in [0, 0.1) is 0 Å². The van der Waals surface area contributed by atoms with Gasteiger partial charge < -0.3 is 14.6 Å². The van der Waals surface area contributed by atoms with Crippen molar-refractivity contribution in [3.63, 3.8) is 0 Å². The molecule has 2 fully saturated rings. The van der Waals surface area contributed by atoms with Gasteiger partial charge in [-0.2, -0.15) is 0 Å². The van der Waals surface area contributed by atoms with E-state index in [2.05, 4.69) is 27.4 Å². The van der Waals surface area contributed by atoms with Crippen LogP contribution in [-0.2, 0) is 29.0 Å². The molecule has 2 saturated heterocycles. The summed E-state index contributed by atoms with van der Waals surface area (Å²) >= 11 is 1.75. The highest BCUT2D eigenvalue weighted by molar-refractivity contribution is 7.09. The lowest BCUT2D eigenvalue weighted by atomic mass is 9.95. The van der Waals surface area contributed by atoms with E-state index in [0.717, 1.165) is 68.8 Å². The Labute approximate surface area is 180 Å². The van der Waals surface area contributed by atoms with Crippen molar-refractivity contribution in [3.8, 4) is 0 Å². The lowest BCUT2D eigenvalue weighted by molar-refractivity contribution is -0.142. The minimum atomic E-state index is -0.284. The Balaban J connectivity index is 1.29. The SMILES string of the molecule is O=C([C@H]1CCCO1)N1CCC[C@@H](c2nc3c(c(=O)[nH]2)CN(Cc2cccs2)CC3)C1. The molecule has 0 bridgehead atoms. The zero-order chi connectivity index (χ0) is 20.5. The molecular formula is C22H28N4O3S. The number of amides is 1.